The minimum atomic E-state index is 0.412. The van der Waals surface area contributed by atoms with Crippen LogP contribution >= 0.6 is 0 Å². The number of anilines is 1. The van der Waals surface area contributed by atoms with Gasteiger partial charge in [-0.3, -0.25) is 0 Å². The summed E-state index contributed by atoms with van der Waals surface area (Å²) >= 11 is 0. The number of benzene rings is 1. The molecule has 2 atom stereocenters. The first-order chi connectivity index (χ1) is 9.63. The molecule has 1 N–H and O–H groups in total. The predicted molar refractivity (Wildman–Crippen MR) is 88.3 cm³/mol. The molecule has 0 amide bonds. The van der Waals surface area contributed by atoms with Gasteiger partial charge in [-0.15, -0.1) is 0 Å². The number of nitrogens with zero attached hydrogens (tertiary/aromatic N) is 1. The highest BCUT2D eigenvalue weighted by atomic mass is 15.1. The first-order valence-electron chi connectivity index (χ1n) is 8.14. The third kappa shape index (κ3) is 3.54. The van der Waals surface area contributed by atoms with Crippen molar-refractivity contribution in [1.29, 1.82) is 0 Å². The van der Waals surface area contributed by atoms with E-state index in [-0.39, 0.29) is 0 Å². The van der Waals surface area contributed by atoms with Crippen molar-refractivity contribution in [3.8, 4) is 0 Å². The Hall–Kier alpha value is -1.02. The Morgan fingerprint density at radius 3 is 2.55 bits per heavy atom. The molecule has 0 aromatic heterocycles. The van der Waals surface area contributed by atoms with E-state index in [9.17, 15) is 0 Å². The van der Waals surface area contributed by atoms with Crippen LogP contribution in [-0.2, 0) is 0 Å². The number of para-hydroxylation sites is 1. The van der Waals surface area contributed by atoms with Crippen LogP contribution in [0.2, 0.25) is 0 Å². The Morgan fingerprint density at radius 2 is 1.85 bits per heavy atom. The zero-order chi connectivity index (χ0) is 14.5. The summed E-state index contributed by atoms with van der Waals surface area (Å²) in [4.78, 5) is 2.60. The average molecular weight is 274 g/mol. The molecule has 2 unspecified atom stereocenters. The molecule has 1 aliphatic rings. The van der Waals surface area contributed by atoms with Gasteiger partial charge < -0.3 is 10.2 Å². The molecular formula is C18H30N2. The van der Waals surface area contributed by atoms with Gasteiger partial charge >= 0.3 is 0 Å². The summed E-state index contributed by atoms with van der Waals surface area (Å²) in [6, 6.07) is 9.29. The molecule has 1 saturated heterocycles. The van der Waals surface area contributed by atoms with E-state index in [1.54, 1.807) is 0 Å². The summed E-state index contributed by atoms with van der Waals surface area (Å²) in [6.07, 6.45) is 4.04. The van der Waals surface area contributed by atoms with Gasteiger partial charge in [-0.05, 0) is 56.7 Å². The standard InChI is InChI=1S/C18H30N2/c1-14(2)16-8-7-12-20(13-11-16)18-10-6-5-9-17(18)15(3)19-4/h5-6,9-10,14-16,19H,7-8,11-13H2,1-4H3. The molecule has 20 heavy (non-hydrogen) atoms. The van der Waals surface area contributed by atoms with Crippen molar-refractivity contribution < 1.29 is 0 Å². The number of hydrogen-bond acceptors (Lipinski definition) is 2. The number of nitrogens with one attached hydrogen (secondary N) is 1. The number of hydrogen-bond donors (Lipinski definition) is 1. The second-order valence-corrected chi connectivity index (χ2v) is 6.49. The third-order valence-electron chi connectivity index (χ3n) is 4.89. The summed E-state index contributed by atoms with van der Waals surface area (Å²) in [6.45, 7) is 9.40. The average Bonchev–Trinajstić information content (AvgIpc) is 2.72. The van der Waals surface area contributed by atoms with E-state index in [2.05, 4.69) is 55.3 Å². The second kappa shape index (κ2) is 7.12. The van der Waals surface area contributed by atoms with Gasteiger partial charge in [-0.25, -0.2) is 0 Å². The van der Waals surface area contributed by atoms with Crippen molar-refractivity contribution in [3.05, 3.63) is 29.8 Å². The maximum atomic E-state index is 3.38. The van der Waals surface area contributed by atoms with Crippen LogP contribution in [0.1, 0.15) is 51.6 Å². The monoisotopic (exact) mass is 274 g/mol. The van der Waals surface area contributed by atoms with Crippen LogP contribution in [0.3, 0.4) is 0 Å². The topological polar surface area (TPSA) is 15.3 Å². The fourth-order valence-corrected chi connectivity index (χ4v) is 3.33. The summed E-state index contributed by atoms with van der Waals surface area (Å²) in [5.41, 5.74) is 2.86. The van der Waals surface area contributed by atoms with Crippen LogP contribution in [0.5, 0.6) is 0 Å². The van der Waals surface area contributed by atoms with Gasteiger partial charge in [0.1, 0.15) is 0 Å². The highest BCUT2D eigenvalue weighted by Gasteiger charge is 2.21. The maximum absolute atomic E-state index is 3.38. The fraction of sp³-hybridized carbons (Fsp3) is 0.667. The molecule has 2 heteroatoms. The van der Waals surface area contributed by atoms with E-state index >= 15 is 0 Å². The molecule has 0 radical (unpaired) electrons. The van der Waals surface area contributed by atoms with Gasteiger partial charge in [0.05, 0.1) is 0 Å². The predicted octanol–water partition coefficient (Wildman–Crippen LogP) is 4.23. The summed E-state index contributed by atoms with van der Waals surface area (Å²) in [5.74, 6) is 1.72. The van der Waals surface area contributed by atoms with Crippen molar-refractivity contribution in [2.45, 2.75) is 46.1 Å². The van der Waals surface area contributed by atoms with E-state index in [1.165, 1.54) is 43.6 Å². The van der Waals surface area contributed by atoms with Crippen molar-refractivity contribution >= 4 is 5.69 Å². The smallest absolute Gasteiger partial charge is 0.0414 e. The molecule has 1 aromatic carbocycles. The van der Waals surface area contributed by atoms with Crippen LogP contribution in [-0.4, -0.2) is 20.1 Å². The summed E-state index contributed by atoms with van der Waals surface area (Å²) in [7, 11) is 2.04. The molecule has 0 spiro atoms. The third-order valence-corrected chi connectivity index (χ3v) is 4.89. The minimum absolute atomic E-state index is 0.412. The SMILES string of the molecule is CNC(C)c1ccccc1N1CCCC(C(C)C)CC1. The molecule has 0 aliphatic carbocycles. The van der Waals surface area contributed by atoms with Crippen LogP contribution in [0.15, 0.2) is 24.3 Å². The Labute approximate surface area is 124 Å². The van der Waals surface area contributed by atoms with Gasteiger partial charge in [0.25, 0.3) is 0 Å². The Kier molecular flexibility index (Phi) is 5.47. The summed E-state index contributed by atoms with van der Waals surface area (Å²) < 4.78 is 0. The minimum Gasteiger partial charge on any atom is -0.371 e. The van der Waals surface area contributed by atoms with E-state index in [4.69, 9.17) is 0 Å². The quantitative estimate of drug-likeness (QED) is 0.884. The van der Waals surface area contributed by atoms with Crippen molar-refractivity contribution in [1.82, 2.24) is 5.32 Å². The van der Waals surface area contributed by atoms with Gasteiger partial charge in [-0.1, -0.05) is 32.0 Å². The molecule has 112 valence electrons. The zero-order valence-corrected chi connectivity index (χ0v) is 13.5. The zero-order valence-electron chi connectivity index (χ0n) is 13.5. The lowest BCUT2D eigenvalue weighted by atomic mass is 9.89. The van der Waals surface area contributed by atoms with E-state index in [1.807, 2.05) is 7.05 Å². The van der Waals surface area contributed by atoms with E-state index < -0.39 is 0 Å². The molecule has 0 bridgehead atoms. The lowest BCUT2D eigenvalue weighted by Gasteiger charge is -2.28. The lowest BCUT2D eigenvalue weighted by Crippen LogP contribution is -2.27. The van der Waals surface area contributed by atoms with Gasteiger partial charge in [0.2, 0.25) is 0 Å². The summed E-state index contributed by atoms with van der Waals surface area (Å²) in [5, 5.41) is 3.38. The van der Waals surface area contributed by atoms with E-state index in [0.717, 1.165) is 11.8 Å². The Bertz CT molecular complexity index is 414. The van der Waals surface area contributed by atoms with Gasteiger partial charge in [-0.2, -0.15) is 0 Å². The highest BCUT2D eigenvalue weighted by Crippen LogP contribution is 2.31. The molecule has 0 saturated carbocycles. The molecule has 1 heterocycles. The van der Waals surface area contributed by atoms with Crippen molar-refractivity contribution in [3.63, 3.8) is 0 Å². The van der Waals surface area contributed by atoms with Crippen molar-refractivity contribution in [2.75, 3.05) is 25.0 Å². The van der Waals surface area contributed by atoms with Crippen LogP contribution in [0.4, 0.5) is 5.69 Å². The Balaban J connectivity index is 2.15. The first kappa shape index (κ1) is 15.4. The highest BCUT2D eigenvalue weighted by molar-refractivity contribution is 5.55. The molecular weight excluding hydrogens is 244 g/mol. The number of rotatable bonds is 4. The molecule has 1 fully saturated rings. The van der Waals surface area contributed by atoms with Gasteiger partial charge in [0.15, 0.2) is 0 Å². The first-order valence-corrected chi connectivity index (χ1v) is 8.14. The van der Waals surface area contributed by atoms with Crippen molar-refractivity contribution in [2.24, 2.45) is 11.8 Å². The molecule has 2 nitrogen and oxygen atoms in total. The normalized spacial score (nSPS) is 21.9. The fourth-order valence-electron chi connectivity index (χ4n) is 3.33. The molecule has 1 aliphatic heterocycles. The second-order valence-electron chi connectivity index (χ2n) is 6.49. The molecule has 1 aromatic rings. The van der Waals surface area contributed by atoms with E-state index in [0.29, 0.717) is 6.04 Å². The van der Waals surface area contributed by atoms with Crippen LogP contribution in [0.25, 0.3) is 0 Å². The van der Waals surface area contributed by atoms with Gasteiger partial charge in [0, 0.05) is 24.8 Å². The molecule has 2 rings (SSSR count). The van der Waals surface area contributed by atoms with Crippen LogP contribution in [0, 0.1) is 11.8 Å². The Morgan fingerprint density at radius 1 is 1.10 bits per heavy atom. The maximum Gasteiger partial charge on any atom is 0.0414 e. The lowest BCUT2D eigenvalue weighted by molar-refractivity contribution is 0.351. The van der Waals surface area contributed by atoms with Crippen LogP contribution < -0.4 is 10.2 Å². The largest absolute Gasteiger partial charge is 0.371 e.